The van der Waals surface area contributed by atoms with Crippen LogP contribution < -0.4 is 0 Å². The number of nitrogens with zero attached hydrogens (tertiary/aromatic N) is 9. The summed E-state index contributed by atoms with van der Waals surface area (Å²) in [6.45, 7) is 0. The first-order chi connectivity index (χ1) is 28.3. The zero-order valence-corrected chi connectivity index (χ0v) is 30.3. The van der Waals surface area contributed by atoms with Crippen LogP contribution in [0.4, 0.5) is 0 Å². The van der Waals surface area contributed by atoms with E-state index in [1.54, 1.807) is 0 Å². The first-order valence-corrected chi connectivity index (χ1v) is 18.7. The van der Waals surface area contributed by atoms with Crippen molar-refractivity contribution in [1.82, 2.24) is 43.6 Å². The van der Waals surface area contributed by atoms with Crippen LogP contribution in [-0.2, 0) is 0 Å². The third-order valence-electron chi connectivity index (χ3n) is 11.2. The molecule has 0 aliphatic rings. The monoisotopic (exact) mass is 731 g/mol. The molecule has 0 unspecified atom stereocenters. The zero-order chi connectivity index (χ0) is 37.5. The summed E-state index contributed by atoms with van der Waals surface area (Å²) in [5.41, 5.74) is 14.0. The molecule has 0 fully saturated rings. The smallest absolute Gasteiger partial charge is 0.0572 e. The maximum Gasteiger partial charge on any atom is 0.0572 e. The highest BCUT2D eigenvalue weighted by Gasteiger charge is 2.18. The van der Waals surface area contributed by atoms with Crippen LogP contribution in [-0.4, -0.2) is 43.6 Å². The molecule has 0 amide bonds. The van der Waals surface area contributed by atoms with E-state index >= 15 is 0 Å². The average Bonchev–Trinajstić information content (AvgIpc) is 3.92. The lowest BCUT2D eigenvalue weighted by Crippen LogP contribution is -1.98. The van der Waals surface area contributed by atoms with Crippen LogP contribution in [0.1, 0.15) is 0 Å². The lowest BCUT2D eigenvalue weighted by atomic mass is 9.97. The molecule has 0 radical (unpaired) electrons. The molecule has 57 heavy (non-hydrogen) atoms. The average molecular weight is 732 g/mol. The van der Waals surface area contributed by atoms with Crippen LogP contribution in [0.25, 0.3) is 105 Å². The van der Waals surface area contributed by atoms with Crippen LogP contribution in [0, 0.1) is 0 Å². The maximum absolute atomic E-state index is 4.49. The molecule has 0 aliphatic carbocycles. The highest BCUT2D eigenvalue weighted by Crippen LogP contribution is 2.38. The van der Waals surface area contributed by atoms with Crippen LogP contribution in [0.3, 0.4) is 0 Å². The highest BCUT2D eigenvalue weighted by molar-refractivity contribution is 6.10. The van der Waals surface area contributed by atoms with E-state index in [9.17, 15) is 0 Å². The van der Waals surface area contributed by atoms with Gasteiger partial charge in [-0.1, -0.05) is 24.3 Å². The maximum atomic E-state index is 4.49. The fourth-order valence-electron chi connectivity index (χ4n) is 8.68. The standard InChI is InChI=1S/C48H29N9/c1-3-30(20-34(5-1)55-43-7-13-49-24-37(43)38-25-50-14-8-44(38)55)32-19-33(23-36(22-32)57-47-11-17-53-28-41(47)42-29-54-18-12-48(42)57)31-4-2-6-35(21-31)56-45-9-15-51-26-39(45)40-27-52-16-10-46(40)56/h1-29H. The van der Waals surface area contributed by atoms with Crippen molar-refractivity contribution < 1.29 is 0 Å². The molecule has 12 rings (SSSR count). The Morgan fingerprint density at radius 3 is 0.860 bits per heavy atom. The second kappa shape index (κ2) is 12.2. The second-order valence-corrected chi connectivity index (χ2v) is 14.2. The molecule has 9 heterocycles. The first kappa shape index (κ1) is 31.3. The number of rotatable bonds is 5. The predicted molar refractivity (Wildman–Crippen MR) is 227 cm³/mol. The van der Waals surface area contributed by atoms with Gasteiger partial charge in [-0.2, -0.15) is 0 Å². The summed E-state index contributed by atoms with van der Waals surface area (Å²) >= 11 is 0. The van der Waals surface area contributed by atoms with Crippen molar-refractivity contribution in [2.75, 3.05) is 0 Å². The van der Waals surface area contributed by atoms with Gasteiger partial charge in [-0.25, -0.2) is 0 Å². The molecule has 0 saturated heterocycles. The van der Waals surface area contributed by atoms with Crippen molar-refractivity contribution in [3.8, 4) is 39.3 Å². The fourth-order valence-corrected chi connectivity index (χ4v) is 8.68. The van der Waals surface area contributed by atoms with Crippen molar-refractivity contribution in [2.45, 2.75) is 0 Å². The molecular formula is C48H29N9. The molecule has 0 bridgehead atoms. The third kappa shape index (κ3) is 4.76. The van der Waals surface area contributed by atoms with Crippen molar-refractivity contribution in [2.24, 2.45) is 0 Å². The van der Waals surface area contributed by atoms with E-state index < -0.39 is 0 Å². The number of hydrogen-bond donors (Lipinski definition) is 0. The van der Waals surface area contributed by atoms with Gasteiger partial charge in [-0.05, 0) is 101 Å². The summed E-state index contributed by atoms with van der Waals surface area (Å²) in [5, 5.41) is 6.40. The molecule has 0 spiro atoms. The van der Waals surface area contributed by atoms with Crippen LogP contribution in [0.15, 0.2) is 177 Å². The van der Waals surface area contributed by atoms with Gasteiger partial charge in [0.25, 0.3) is 0 Å². The Labute approximate surface area is 324 Å². The summed E-state index contributed by atoms with van der Waals surface area (Å²) in [6.07, 6.45) is 22.7. The molecule has 0 N–H and O–H groups in total. The van der Waals surface area contributed by atoms with Gasteiger partial charge < -0.3 is 13.7 Å². The molecule has 12 aromatic rings. The Hall–Kier alpha value is -8.04. The first-order valence-electron chi connectivity index (χ1n) is 18.7. The fraction of sp³-hybridized carbons (Fsp3) is 0. The number of benzene rings is 3. The van der Waals surface area contributed by atoms with E-state index in [2.05, 4.69) is 147 Å². The van der Waals surface area contributed by atoms with Crippen LogP contribution >= 0.6 is 0 Å². The van der Waals surface area contributed by atoms with Gasteiger partial charge >= 0.3 is 0 Å². The zero-order valence-electron chi connectivity index (χ0n) is 30.3. The topological polar surface area (TPSA) is 92.1 Å². The quantitative estimate of drug-likeness (QED) is 0.175. The molecule has 9 aromatic heterocycles. The number of aromatic nitrogens is 9. The minimum Gasteiger partial charge on any atom is -0.309 e. The minimum atomic E-state index is 1.04. The molecule has 0 atom stereocenters. The molecule has 9 heteroatoms. The molecule has 3 aromatic carbocycles. The predicted octanol–water partition coefficient (Wildman–Crippen LogP) is 10.7. The minimum absolute atomic E-state index is 1.04. The molecule has 266 valence electrons. The molecule has 9 nitrogen and oxygen atoms in total. The van der Waals surface area contributed by atoms with E-state index in [0.29, 0.717) is 0 Å². The van der Waals surface area contributed by atoms with Gasteiger partial charge in [0.2, 0.25) is 0 Å². The van der Waals surface area contributed by atoms with E-state index in [4.69, 9.17) is 0 Å². The van der Waals surface area contributed by atoms with Crippen molar-refractivity contribution >= 4 is 65.4 Å². The summed E-state index contributed by atoms with van der Waals surface area (Å²) in [7, 11) is 0. The summed E-state index contributed by atoms with van der Waals surface area (Å²) in [4.78, 5) is 26.8. The van der Waals surface area contributed by atoms with E-state index in [-0.39, 0.29) is 0 Å². The highest BCUT2D eigenvalue weighted by atomic mass is 15.0. The molecule has 0 aliphatic heterocycles. The second-order valence-electron chi connectivity index (χ2n) is 14.2. The number of pyridine rings is 6. The Morgan fingerprint density at radius 1 is 0.263 bits per heavy atom. The van der Waals surface area contributed by atoms with Gasteiger partial charge in [0.15, 0.2) is 0 Å². The van der Waals surface area contributed by atoms with Crippen LogP contribution in [0.2, 0.25) is 0 Å². The third-order valence-corrected chi connectivity index (χ3v) is 11.2. The normalized spacial score (nSPS) is 11.9. The lowest BCUT2D eigenvalue weighted by molar-refractivity contribution is 1.16. The number of fused-ring (bicyclic) bond motifs is 9. The molecular weight excluding hydrogens is 703 g/mol. The van der Waals surface area contributed by atoms with Gasteiger partial charge in [-0.15, -0.1) is 0 Å². The van der Waals surface area contributed by atoms with E-state index in [1.165, 1.54) is 0 Å². The number of hydrogen-bond acceptors (Lipinski definition) is 6. The van der Waals surface area contributed by atoms with Crippen molar-refractivity contribution in [1.29, 1.82) is 0 Å². The Kier molecular flexibility index (Phi) is 6.73. The SMILES string of the molecule is c1cc(-c2cc(-c3cccc(-n4c5ccncc5c5cnccc54)c3)cc(-n3c4ccncc4c4cnccc43)c2)cc(-n2c3ccncc3c3cnccc32)c1. The molecule has 0 saturated carbocycles. The van der Waals surface area contributed by atoms with Crippen LogP contribution in [0.5, 0.6) is 0 Å². The van der Waals surface area contributed by atoms with E-state index in [0.717, 1.165) is 105 Å². The van der Waals surface area contributed by atoms with Crippen molar-refractivity contribution in [3.63, 3.8) is 0 Å². The van der Waals surface area contributed by atoms with Gasteiger partial charge in [0, 0.05) is 124 Å². The Balaban J connectivity index is 1.10. The summed E-state index contributed by atoms with van der Waals surface area (Å²) in [5.74, 6) is 0. The van der Waals surface area contributed by atoms with Gasteiger partial charge in [-0.3, -0.25) is 29.9 Å². The van der Waals surface area contributed by atoms with E-state index in [1.807, 2.05) is 74.4 Å². The lowest BCUT2D eigenvalue weighted by Gasteiger charge is -2.16. The summed E-state index contributed by atoms with van der Waals surface area (Å²) in [6, 6.07) is 36.9. The van der Waals surface area contributed by atoms with Crippen molar-refractivity contribution in [3.05, 3.63) is 177 Å². The Morgan fingerprint density at radius 2 is 0.544 bits per heavy atom. The Bertz CT molecular complexity index is 3220. The largest absolute Gasteiger partial charge is 0.309 e. The van der Waals surface area contributed by atoms with Gasteiger partial charge in [0.05, 0.1) is 33.1 Å². The summed E-state index contributed by atoms with van der Waals surface area (Å²) < 4.78 is 6.93. The van der Waals surface area contributed by atoms with Gasteiger partial charge in [0.1, 0.15) is 0 Å².